The lowest BCUT2D eigenvalue weighted by molar-refractivity contribution is 0.396. The number of methoxy groups -OCH3 is 1. The van der Waals surface area contributed by atoms with Crippen molar-refractivity contribution >= 4 is 15.9 Å². The van der Waals surface area contributed by atoms with Crippen molar-refractivity contribution in [3.63, 3.8) is 0 Å². The summed E-state index contributed by atoms with van der Waals surface area (Å²) in [5, 5.41) is 15.2. The highest BCUT2D eigenvalue weighted by molar-refractivity contribution is 9.08. The fourth-order valence-corrected chi connectivity index (χ4v) is 5.65. The second-order valence-electron chi connectivity index (χ2n) is 9.42. The molecule has 5 aromatic carbocycles. The monoisotopic (exact) mass is 586 g/mol. The SMILES string of the molecule is COc1cc(CBr)ccc1-c1ccccc1-c1nnn(C(c2ccccc2)(c2ccccc2)c2ccccc2)n1. The van der Waals surface area contributed by atoms with E-state index in [0.717, 1.165) is 50.0 Å². The Kier molecular flexibility index (Phi) is 7.25. The third kappa shape index (κ3) is 4.50. The zero-order chi connectivity index (χ0) is 27.4. The first-order valence-corrected chi connectivity index (χ1v) is 14.2. The van der Waals surface area contributed by atoms with Gasteiger partial charge in [-0.3, -0.25) is 0 Å². The van der Waals surface area contributed by atoms with Gasteiger partial charge in [-0.15, -0.1) is 15.0 Å². The van der Waals surface area contributed by atoms with Gasteiger partial charge in [0, 0.05) is 16.5 Å². The third-order valence-corrected chi connectivity index (χ3v) is 7.81. The van der Waals surface area contributed by atoms with E-state index in [1.54, 1.807) is 11.9 Å². The van der Waals surface area contributed by atoms with Gasteiger partial charge >= 0.3 is 0 Å². The number of tetrazole rings is 1. The summed E-state index contributed by atoms with van der Waals surface area (Å²) in [5.74, 6) is 1.33. The molecule has 0 unspecified atom stereocenters. The number of benzene rings is 5. The molecule has 0 radical (unpaired) electrons. The second-order valence-corrected chi connectivity index (χ2v) is 9.99. The van der Waals surface area contributed by atoms with Crippen molar-refractivity contribution in [3.05, 3.63) is 156 Å². The number of halogens is 1. The number of nitrogens with zero attached hydrogens (tertiary/aromatic N) is 4. The summed E-state index contributed by atoms with van der Waals surface area (Å²) < 4.78 is 5.78. The molecule has 0 amide bonds. The number of hydrogen-bond donors (Lipinski definition) is 0. The van der Waals surface area contributed by atoms with Gasteiger partial charge in [-0.1, -0.05) is 143 Å². The van der Waals surface area contributed by atoms with Crippen LogP contribution >= 0.6 is 15.9 Å². The standard InChI is InChI=1S/C34H27BrN4O/c1-40-32-23-25(24-35)21-22-30(32)29-19-11-12-20-31(29)33-36-38-39(37-33)34(26-13-5-2-6-14-26,27-15-7-3-8-16-27)28-17-9-4-10-18-28/h2-23H,24H2,1H3. The van der Waals surface area contributed by atoms with E-state index < -0.39 is 5.54 Å². The Morgan fingerprint density at radius 2 is 1.18 bits per heavy atom. The zero-order valence-electron chi connectivity index (χ0n) is 22.0. The predicted molar refractivity (Wildman–Crippen MR) is 162 cm³/mol. The van der Waals surface area contributed by atoms with Gasteiger partial charge in [0.2, 0.25) is 5.82 Å². The Morgan fingerprint density at radius 1 is 0.650 bits per heavy atom. The Bertz CT molecular complexity index is 1620. The van der Waals surface area contributed by atoms with E-state index in [2.05, 4.69) is 81.7 Å². The molecule has 0 aliphatic carbocycles. The zero-order valence-corrected chi connectivity index (χ0v) is 23.6. The molecule has 0 atom stereocenters. The van der Waals surface area contributed by atoms with Gasteiger partial charge < -0.3 is 4.74 Å². The van der Waals surface area contributed by atoms with Crippen molar-refractivity contribution in [2.75, 3.05) is 7.11 Å². The lowest BCUT2D eigenvalue weighted by Crippen LogP contribution is -2.39. The van der Waals surface area contributed by atoms with Crippen LogP contribution < -0.4 is 4.74 Å². The average Bonchev–Trinajstić information content (AvgIpc) is 3.53. The molecule has 0 bridgehead atoms. The van der Waals surface area contributed by atoms with Crippen molar-refractivity contribution in [2.45, 2.75) is 10.9 Å². The number of rotatable bonds is 8. The fourth-order valence-electron chi connectivity index (χ4n) is 5.30. The Hall–Kier alpha value is -4.55. The van der Waals surface area contributed by atoms with E-state index in [1.807, 2.05) is 72.8 Å². The predicted octanol–water partition coefficient (Wildman–Crippen LogP) is 7.75. The summed E-state index contributed by atoms with van der Waals surface area (Å²) in [5.41, 5.74) is 6.25. The van der Waals surface area contributed by atoms with E-state index in [1.165, 1.54) is 0 Å². The van der Waals surface area contributed by atoms with E-state index in [4.69, 9.17) is 15.0 Å². The van der Waals surface area contributed by atoms with Crippen LogP contribution in [0.4, 0.5) is 0 Å². The third-order valence-electron chi connectivity index (χ3n) is 7.17. The molecule has 0 saturated heterocycles. The maximum atomic E-state index is 5.78. The first kappa shape index (κ1) is 25.7. The largest absolute Gasteiger partial charge is 0.496 e. The maximum absolute atomic E-state index is 5.78. The molecule has 0 N–H and O–H groups in total. The molecule has 0 spiro atoms. The molecule has 1 heterocycles. The van der Waals surface area contributed by atoms with Crippen LogP contribution in [0.1, 0.15) is 22.3 Å². The van der Waals surface area contributed by atoms with E-state index >= 15 is 0 Å². The van der Waals surface area contributed by atoms with Crippen LogP contribution in [-0.4, -0.2) is 27.3 Å². The molecule has 0 fully saturated rings. The number of ether oxygens (including phenoxy) is 1. The fraction of sp³-hybridized carbons (Fsp3) is 0.0882. The molecule has 6 rings (SSSR count). The molecular formula is C34H27BrN4O. The number of hydrogen-bond acceptors (Lipinski definition) is 4. The number of alkyl halides is 1. The van der Waals surface area contributed by atoms with Crippen LogP contribution in [0.2, 0.25) is 0 Å². The molecule has 0 aliphatic heterocycles. The summed E-state index contributed by atoms with van der Waals surface area (Å²) in [6.45, 7) is 0. The van der Waals surface area contributed by atoms with Crippen molar-refractivity contribution in [1.29, 1.82) is 0 Å². The average molecular weight is 588 g/mol. The molecule has 0 aliphatic rings. The van der Waals surface area contributed by atoms with Gasteiger partial charge in [-0.2, -0.15) is 0 Å². The van der Waals surface area contributed by atoms with Crippen molar-refractivity contribution in [2.24, 2.45) is 0 Å². The van der Waals surface area contributed by atoms with Crippen molar-refractivity contribution in [3.8, 4) is 28.3 Å². The van der Waals surface area contributed by atoms with Crippen LogP contribution in [0.3, 0.4) is 0 Å². The van der Waals surface area contributed by atoms with Crippen LogP contribution in [0.15, 0.2) is 133 Å². The number of aromatic nitrogens is 4. The molecule has 1 aromatic heterocycles. The molecule has 6 heteroatoms. The smallest absolute Gasteiger partial charge is 0.205 e. The minimum Gasteiger partial charge on any atom is -0.496 e. The van der Waals surface area contributed by atoms with Crippen LogP contribution in [0.25, 0.3) is 22.5 Å². The van der Waals surface area contributed by atoms with Gasteiger partial charge in [-0.05, 0) is 39.1 Å². The maximum Gasteiger partial charge on any atom is 0.205 e. The second kappa shape index (κ2) is 11.3. The quantitative estimate of drug-likeness (QED) is 0.135. The van der Waals surface area contributed by atoms with Crippen LogP contribution in [-0.2, 0) is 10.9 Å². The van der Waals surface area contributed by atoms with E-state index in [9.17, 15) is 0 Å². The summed E-state index contributed by atoms with van der Waals surface area (Å²) in [4.78, 5) is 1.75. The minimum absolute atomic E-state index is 0.536. The Labute approximate surface area is 242 Å². The van der Waals surface area contributed by atoms with Gasteiger partial charge in [0.1, 0.15) is 5.75 Å². The highest BCUT2D eigenvalue weighted by Crippen LogP contribution is 2.41. The van der Waals surface area contributed by atoms with Crippen LogP contribution in [0.5, 0.6) is 5.75 Å². The van der Waals surface area contributed by atoms with Gasteiger partial charge in [0.05, 0.1) is 7.11 Å². The minimum atomic E-state index is -0.834. The van der Waals surface area contributed by atoms with Crippen LogP contribution in [0, 0.1) is 0 Å². The lowest BCUT2D eigenvalue weighted by atomic mass is 9.77. The molecule has 196 valence electrons. The molecule has 0 saturated carbocycles. The molecule has 40 heavy (non-hydrogen) atoms. The summed E-state index contributed by atoms with van der Waals surface area (Å²) in [7, 11) is 1.70. The van der Waals surface area contributed by atoms with Crippen molar-refractivity contribution in [1.82, 2.24) is 20.2 Å². The first-order valence-electron chi connectivity index (χ1n) is 13.1. The highest BCUT2D eigenvalue weighted by atomic mass is 79.9. The van der Waals surface area contributed by atoms with E-state index in [0.29, 0.717) is 5.82 Å². The molecular weight excluding hydrogens is 560 g/mol. The normalized spacial score (nSPS) is 11.3. The highest BCUT2D eigenvalue weighted by Gasteiger charge is 2.41. The Balaban J connectivity index is 1.58. The van der Waals surface area contributed by atoms with Gasteiger partial charge in [0.15, 0.2) is 5.54 Å². The molecule has 5 nitrogen and oxygen atoms in total. The van der Waals surface area contributed by atoms with Crippen molar-refractivity contribution < 1.29 is 4.74 Å². The Morgan fingerprint density at radius 3 is 1.70 bits per heavy atom. The van der Waals surface area contributed by atoms with Gasteiger partial charge in [0.25, 0.3) is 0 Å². The van der Waals surface area contributed by atoms with Gasteiger partial charge in [-0.25, -0.2) is 0 Å². The van der Waals surface area contributed by atoms with E-state index in [-0.39, 0.29) is 0 Å². The topological polar surface area (TPSA) is 52.8 Å². The summed E-state index contributed by atoms with van der Waals surface area (Å²) in [6.07, 6.45) is 0. The first-order chi connectivity index (χ1) is 19.8. The lowest BCUT2D eigenvalue weighted by Gasteiger charge is -2.34. The molecule has 6 aromatic rings. The summed E-state index contributed by atoms with van der Waals surface area (Å²) >= 11 is 3.55. The summed E-state index contributed by atoms with van der Waals surface area (Å²) in [6, 6.07) is 45.4.